The molecule has 0 heterocycles. The van der Waals surface area contributed by atoms with Crippen LogP contribution >= 0.6 is 0 Å². The number of hydrogen-bond donors (Lipinski definition) is 2. The molecule has 1 rings (SSSR count). The molecule has 1 atom stereocenters. The smallest absolute Gasteiger partial charge is 0.329 e. The van der Waals surface area contributed by atoms with Crippen LogP contribution in [0.5, 0.6) is 0 Å². The number of carboxylic acid groups (broad SMARTS) is 1. The highest BCUT2D eigenvalue weighted by Crippen LogP contribution is 2.32. The molecular weight excluding hydrogens is 258 g/mol. The molecule has 0 aliphatic heterocycles. The fourth-order valence-corrected chi connectivity index (χ4v) is 2.46. The Labute approximate surface area is 121 Å². The standard InChI is InChI=1S/C15H27NO4/c1-4-5-10-20-12(3)13(17)16-15(14(18)19)8-6-11(2)7-9-15/h11-12H,4-10H2,1-3H3,(H,16,17)(H,18,19). The van der Waals surface area contributed by atoms with E-state index in [4.69, 9.17) is 4.74 Å². The number of ether oxygens (including phenoxy) is 1. The third-order valence-electron chi connectivity index (χ3n) is 4.13. The summed E-state index contributed by atoms with van der Waals surface area (Å²) in [5.41, 5.74) is -1.11. The normalized spacial score (nSPS) is 27.9. The number of unbranched alkanes of at least 4 members (excludes halogenated alkanes) is 1. The maximum atomic E-state index is 12.1. The maximum absolute atomic E-state index is 12.1. The molecular formula is C15H27NO4. The van der Waals surface area contributed by atoms with Crippen LogP contribution in [-0.4, -0.2) is 35.2 Å². The van der Waals surface area contributed by atoms with E-state index in [0.717, 1.165) is 25.7 Å². The van der Waals surface area contributed by atoms with Crippen LogP contribution in [0.25, 0.3) is 0 Å². The van der Waals surface area contributed by atoms with E-state index < -0.39 is 17.6 Å². The number of amides is 1. The van der Waals surface area contributed by atoms with Gasteiger partial charge < -0.3 is 15.2 Å². The third kappa shape index (κ3) is 4.47. The second kappa shape index (κ2) is 7.62. The van der Waals surface area contributed by atoms with Gasteiger partial charge in [0.05, 0.1) is 0 Å². The van der Waals surface area contributed by atoms with Gasteiger partial charge >= 0.3 is 5.97 Å². The summed E-state index contributed by atoms with van der Waals surface area (Å²) in [5.74, 6) is -0.728. The Morgan fingerprint density at radius 2 is 2.00 bits per heavy atom. The van der Waals surface area contributed by atoms with Gasteiger partial charge in [-0.05, 0) is 44.9 Å². The quantitative estimate of drug-likeness (QED) is 0.704. The molecule has 0 aromatic heterocycles. The van der Waals surface area contributed by atoms with Crippen LogP contribution in [0.4, 0.5) is 0 Å². The monoisotopic (exact) mass is 285 g/mol. The van der Waals surface area contributed by atoms with Gasteiger partial charge in [0.2, 0.25) is 5.91 Å². The number of nitrogens with one attached hydrogen (secondary N) is 1. The fraction of sp³-hybridized carbons (Fsp3) is 0.867. The van der Waals surface area contributed by atoms with Crippen molar-refractivity contribution >= 4 is 11.9 Å². The van der Waals surface area contributed by atoms with Gasteiger partial charge in [-0.25, -0.2) is 4.79 Å². The van der Waals surface area contributed by atoms with Crippen molar-refractivity contribution in [3.05, 3.63) is 0 Å². The lowest BCUT2D eigenvalue weighted by molar-refractivity contribution is -0.151. The average Bonchev–Trinajstić information content (AvgIpc) is 2.41. The zero-order valence-electron chi connectivity index (χ0n) is 12.8. The van der Waals surface area contributed by atoms with E-state index in [1.807, 2.05) is 0 Å². The number of carbonyl (C=O) groups is 2. The molecule has 5 heteroatoms. The van der Waals surface area contributed by atoms with Crippen LogP contribution in [0.15, 0.2) is 0 Å². The second-order valence-corrected chi connectivity index (χ2v) is 5.93. The number of hydrogen-bond acceptors (Lipinski definition) is 3. The van der Waals surface area contributed by atoms with Crippen LogP contribution in [0, 0.1) is 5.92 Å². The van der Waals surface area contributed by atoms with Gasteiger partial charge in [0.1, 0.15) is 11.6 Å². The van der Waals surface area contributed by atoms with Crippen LogP contribution in [-0.2, 0) is 14.3 Å². The molecule has 1 aliphatic rings. The first kappa shape index (κ1) is 17.0. The molecule has 0 radical (unpaired) electrons. The summed E-state index contributed by atoms with van der Waals surface area (Å²) in [5, 5.41) is 12.2. The Morgan fingerprint density at radius 1 is 1.40 bits per heavy atom. The lowest BCUT2D eigenvalue weighted by atomic mass is 9.77. The summed E-state index contributed by atoms with van der Waals surface area (Å²) in [4.78, 5) is 23.6. The molecule has 0 bridgehead atoms. The average molecular weight is 285 g/mol. The molecule has 1 unspecified atom stereocenters. The molecule has 2 N–H and O–H groups in total. The van der Waals surface area contributed by atoms with Gasteiger partial charge in [0.15, 0.2) is 0 Å². The summed E-state index contributed by atoms with van der Waals surface area (Å²) in [6, 6.07) is 0. The molecule has 1 saturated carbocycles. The van der Waals surface area contributed by atoms with Crippen molar-refractivity contribution in [1.82, 2.24) is 5.32 Å². The predicted octanol–water partition coefficient (Wildman–Crippen LogP) is 2.34. The predicted molar refractivity (Wildman–Crippen MR) is 76.5 cm³/mol. The summed E-state index contributed by atoms with van der Waals surface area (Å²) >= 11 is 0. The molecule has 1 amide bonds. The molecule has 0 saturated heterocycles. The molecule has 20 heavy (non-hydrogen) atoms. The van der Waals surface area contributed by atoms with Crippen LogP contribution in [0.3, 0.4) is 0 Å². The summed E-state index contributed by atoms with van der Waals surface area (Å²) in [6.07, 6.45) is 3.96. The molecule has 5 nitrogen and oxygen atoms in total. The first-order valence-electron chi connectivity index (χ1n) is 7.58. The summed E-state index contributed by atoms with van der Waals surface area (Å²) in [6.45, 7) is 6.37. The van der Waals surface area contributed by atoms with Crippen molar-refractivity contribution in [2.75, 3.05) is 6.61 Å². The number of carboxylic acids is 1. The van der Waals surface area contributed by atoms with E-state index in [-0.39, 0.29) is 5.91 Å². The Kier molecular flexibility index (Phi) is 6.46. The van der Waals surface area contributed by atoms with Gasteiger partial charge in [-0.1, -0.05) is 20.3 Å². The molecule has 0 spiro atoms. The number of carbonyl (C=O) groups excluding carboxylic acids is 1. The number of aliphatic carboxylic acids is 1. The SMILES string of the molecule is CCCCOC(C)C(=O)NC1(C(=O)O)CCC(C)CC1. The van der Waals surface area contributed by atoms with Gasteiger partial charge in [-0.15, -0.1) is 0 Å². The first-order chi connectivity index (χ1) is 9.41. The van der Waals surface area contributed by atoms with Gasteiger partial charge in [-0.2, -0.15) is 0 Å². The van der Waals surface area contributed by atoms with Gasteiger partial charge in [0.25, 0.3) is 0 Å². The molecule has 1 aliphatic carbocycles. The summed E-state index contributed by atoms with van der Waals surface area (Å²) < 4.78 is 5.43. The van der Waals surface area contributed by atoms with Crippen molar-refractivity contribution in [3.63, 3.8) is 0 Å². The van der Waals surface area contributed by atoms with Crippen molar-refractivity contribution < 1.29 is 19.4 Å². The highest BCUT2D eigenvalue weighted by atomic mass is 16.5. The maximum Gasteiger partial charge on any atom is 0.329 e. The van der Waals surface area contributed by atoms with Crippen molar-refractivity contribution in [2.45, 2.75) is 70.9 Å². The van der Waals surface area contributed by atoms with Gasteiger partial charge in [0, 0.05) is 6.61 Å². The van der Waals surface area contributed by atoms with E-state index in [1.165, 1.54) is 0 Å². The molecule has 0 aromatic carbocycles. The van der Waals surface area contributed by atoms with E-state index in [2.05, 4.69) is 19.2 Å². The largest absolute Gasteiger partial charge is 0.480 e. The Balaban J connectivity index is 2.57. The van der Waals surface area contributed by atoms with Crippen LogP contribution in [0.2, 0.25) is 0 Å². The highest BCUT2D eigenvalue weighted by molar-refractivity contribution is 5.89. The lowest BCUT2D eigenvalue weighted by Gasteiger charge is -2.37. The third-order valence-corrected chi connectivity index (χ3v) is 4.13. The topological polar surface area (TPSA) is 75.6 Å². The van der Waals surface area contributed by atoms with Crippen molar-refractivity contribution in [3.8, 4) is 0 Å². The Bertz CT molecular complexity index is 335. The second-order valence-electron chi connectivity index (χ2n) is 5.93. The Hall–Kier alpha value is -1.10. The molecule has 116 valence electrons. The van der Waals surface area contributed by atoms with E-state index >= 15 is 0 Å². The van der Waals surface area contributed by atoms with Crippen LogP contribution in [0.1, 0.15) is 59.3 Å². The lowest BCUT2D eigenvalue weighted by Crippen LogP contribution is -2.58. The van der Waals surface area contributed by atoms with E-state index in [0.29, 0.717) is 25.4 Å². The minimum Gasteiger partial charge on any atom is -0.480 e. The molecule has 0 aromatic rings. The minimum atomic E-state index is -1.11. The minimum absolute atomic E-state index is 0.321. The zero-order chi connectivity index (χ0) is 15.2. The van der Waals surface area contributed by atoms with E-state index in [1.54, 1.807) is 6.92 Å². The van der Waals surface area contributed by atoms with Crippen LogP contribution < -0.4 is 5.32 Å². The van der Waals surface area contributed by atoms with Crippen molar-refractivity contribution in [2.24, 2.45) is 5.92 Å². The number of rotatable bonds is 7. The van der Waals surface area contributed by atoms with Crippen molar-refractivity contribution in [1.29, 1.82) is 0 Å². The fourth-order valence-electron chi connectivity index (χ4n) is 2.46. The zero-order valence-corrected chi connectivity index (χ0v) is 12.8. The highest BCUT2D eigenvalue weighted by Gasteiger charge is 2.43. The first-order valence-corrected chi connectivity index (χ1v) is 7.58. The van der Waals surface area contributed by atoms with E-state index in [9.17, 15) is 14.7 Å². The summed E-state index contributed by atoms with van der Waals surface area (Å²) in [7, 11) is 0. The Morgan fingerprint density at radius 3 is 2.50 bits per heavy atom. The molecule has 1 fully saturated rings. The van der Waals surface area contributed by atoms with Gasteiger partial charge in [-0.3, -0.25) is 4.79 Å².